The van der Waals surface area contributed by atoms with E-state index in [1.807, 2.05) is 52.0 Å². The molecule has 0 fully saturated rings. The maximum atomic E-state index is 12.7. The fourth-order valence-electron chi connectivity index (χ4n) is 3.42. The number of benzene rings is 1. The van der Waals surface area contributed by atoms with Crippen molar-refractivity contribution in [2.75, 3.05) is 36.1 Å². The lowest BCUT2D eigenvalue weighted by molar-refractivity contribution is -0.119. The van der Waals surface area contributed by atoms with E-state index in [0.29, 0.717) is 59.6 Å². The summed E-state index contributed by atoms with van der Waals surface area (Å²) < 4.78 is 13.3. The van der Waals surface area contributed by atoms with Crippen molar-refractivity contribution in [3.8, 4) is 5.75 Å². The normalized spacial score (nSPS) is 12.1. The Balaban J connectivity index is 1.45. The number of anilines is 2. The van der Waals surface area contributed by atoms with E-state index in [-0.39, 0.29) is 17.7 Å². The van der Waals surface area contributed by atoms with Crippen molar-refractivity contribution in [1.29, 1.82) is 0 Å². The summed E-state index contributed by atoms with van der Waals surface area (Å²) in [6.45, 7) is 9.65. The number of furan rings is 1. The topological polar surface area (TPSA) is 132 Å². The molecule has 12 heteroatoms. The molecule has 3 aromatic heterocycles. The number of para-hydroxylation sites is 1. The largest absolute Gasteiger partial charge is 0.490 e. The fourth-order valence-corrected chi connectivity index (χ4v) is 4.16. The minimum absolute atomic E-state index is 0.149. The molecular formula is C22H28N8O3S. The number of hydrogen-bond acceptors (Lipinski definition) is 10. The van der Waals surface area contributed by atoms with E-state index in [1.54, 1.807) is 4.40 Å². The lowest BCUT2D eigenvalue weighted by Gasteiger charge is -2.12. The summed E-state index contributed by atoms with van der Waals surface area (Å²) >= 11 is 1.26. The lowest BCUT2D eigenvalue weighted by Crippen LogP contribution is -2.28. The van der Waals surface area contributed by atoms with Gasteiger partial charge in [0.05, 0.1) is 18.4 Å². The molecule has 180 valence electrons. The molecule has 0 saturated carbocycles. The van der Waals surface area contributed by atoms with Crippen LogP contribution in [0.3, 0.4) is 0 Å². The first-order valence-corrected chi connectivity index (χ1v) is 12.2. The van der Waals surface area contributed by atoms with Crippen molar-refractivity contribution in [2.45, 2.75) is 38.9 Å². The summed E-state index contributed by atoms with van der Waals surface area (Å²) in [6, 6.07) is 7.35. The van der Waals surface area contributed by atoms with Gasteiger partial charge in [0.2, 0.25) is 17.8 Å². The zero-order valence-electron chi connectivity index (χ0n) is 19.6. The van der Waals surface area contributed by atoms with Crippen LogP contribution in [0.4, 0.5) is 11.9 Å². The molecule has 34 heavy (non-hydrogen) atoms. The molecule has 0 aliphatic carbocycles. The molecule has 0 spiro atoms. The molecule has 0 bridgehead atoms. The van der Waals surface area contributed by atoms with E-state index in [9.17, 15) is 4.79 Å². The number of ether oxygens (including phenoxy) is 1. The molecule has 1 amide bonds. The predicted octanol–water partition coefficient (Wildman–Crippen LogP) is 3.50. The Morgan fingerprint density at radius 3 is 2.76 bits per heavy atom. The number of fused-ring (bicyclic) bond motifs is 2. The van der Waals surface area contributed by atoms with Gasteiger partial charge in [0, 0.05) is 18.5 Å². The number of aromatic nitrogens is 5. The number of carbonyl (C=O) groups excluding carboxylic acids is 1. The average molecular weight is 485 g/mol. The van der Waals surface area contributed by atoms with Gasteiger partial charge in [-0.3, -0.25) is 4.79 Å². The van der Waals surface area contributed by atoms with Crippen molar-refractivity contribution in [3.05, 3.63) is 30.0 Å². The van der Waals surface area contributed by atoms with Gasteiger partial charge in [-0.15, -0.1) is 10.2 Å². The first-order chi connectivity index (χ1) is 16.5. The summed E-state index contributed by atoms with van der Waals surface area (Å²) in [7, 11) is 0. The van der Waals surface area contributed by atoms with Crippen molar-refractivity contribution >= 4 is 46.3 Å². The summed E-state index contributed by atoms with van der Waals surface area (Å²) in [6.07, 6.45) is 0. The standard InChI is InChI=1S/C22H28N8O3S/c1-5-23-19-26-20(24-6-2)30-21(27-19)28-29-22(30)34-12-17(31)25-13(4)16-11-14-9-8-10-15(32-7-3)18(14)33-16/h8-11,13H,5-7,12H2,1-4H3,(H,25,31)(H2,23,24,26,27,28). The molecule has 1 aromatic carbocycles. The summed E-state index contributed by atoms with van der Waals surface area (Å²) in [5, 5.41) is 19.1. The molecule has 1 atom stereocenters. The second-order valence-electron chi connectivity index (χ2n) is 7.38. The van der Waals surface area contributed by atoms with Gasteiger partial charge in [0.25, 0.3) is 5.78 Å². The maximum Gasteiger partial charge on any atom is 0.261 e. The van der Waals surface area contributed by atoms with Crippen LogP contribution in [-0.4, -0.2) is 55.9 Å². The monoisotopic (exact) mass is 484 g/mol. The highest BCUT2D eigenvalue weighted by Gasteiger charge is 2.19. The molecule has 1 unspecified atom stereocenters. The van der Waals surface area contributed by atoms with Crippen LogP contribution in [0.5, 0.6) is 5.75 Å². The first-order valence-electron chi connectivity index (χ1n) is 11.2. The van der Waals surface area contributed by atoms with E-state index in [4.69, 9.17) is 9.15 Å². The number of nitrogens with one attached hydrogen (secondary N) is 3. The lowest BCUT2D eigenvalue weighted by atomic mass is 10.2. The molecule has 3 heterocycles. The molecule has 3 N–H and O–H groups in total. The van der Waals surface area contributed by atoms with Crippen molar-refractivity contribution in [2.24, 2.45) is 0 Å². The van der Waals surface area contributed by atoms with Crippen LogP contribution in [0, 0.1) is 0 Å². The number of rotatable bonds is 11. The van der Waals surface area contributed by atoms with Crippen LogP contribution in [0.2, 0.25) is 0 Å². The minimum atomic E-state index is -0.312. The number of amides is 1. The highest BCUT2D eigenvalue weighted by molar-refractivity contribution is 7.99. The first kappa shape index (κ1) is 23.6. The molecule has 0 radical (unpaired) electrons. The average Bonchev–Trinajstić information content (AvgIpc) is 3.43. The molecule has 4 aromatic rings. The van der Waals surface area contributed by atoms with Crippen LogP contribution in [0.1, 0.15) is 39.5 Å². The molecule has 0 aliphatic heterocycles. The van der Waals surface area contributed by atoms with Crippen LogP contribution < -0.4 is 20.7 Å². The van der Waals surface area contributed by atoms with E-state index in [0.717, 1.165) is 5.39 Å². The number of nitrogens with zero attached hydrogens (tertiary/aromatic N) is 5. The van der Waals surface area contributed by atoms with Gasteiger partial charge in [0.1, 0.15) is 5.76 Å². The van der Waals surface area contributed by atoms with Crippen LogP contribution in [0.25, 0.3) is 16.7 Å². The molecule has 0 aliphatic rings. The van der Waals surface area contributed by atoms with Crippen LogP contribution in [-0.2, 0) is 4.79 Å². The fraction of sp³-hybridized carbons (Fsp3) is 0.409. The van der Waals surface area contributed by atoms with Gasteiger partial charge in [-0.05, 0) is 39.8 Å². The van der Waals surface area contributed by atoms with E-state index < -0.39 is 0 Å². The van der Waals surface area contributed by atoms with Crippen molar-refractivity contribution in [1.82, 2.24) is 29.9 Å². The second-order valence-corrected chi connectivity index (χ2v) is 8.33. The smallest absolute Gasteiger partial charge is 0.261 e. The van der Waals surface area contributed by atoms with Gasteiger partial charge in [-0.2, -0.15) is 9.97 Å². The van der Waals surface area contributed by atoms with Gasteiger partial charge in [0.15, 0.2) is 16.5 Å². The Kier molecular flexibility index (Phi) is 7.36. The Morgan fingerprint density at radius 2 is 2.00 bits per heavy atom. The number of carbonyl (C=O) groups is 1. The molecule has 0 saturated heterocycles. The molecule has 4 rings (SSSR count). The summed E-state index contributed by atoms with van der Waals surface area (Å²) in [4.78, 5) is 21.5. The third-order valence-corrected chi connectivity index (χ3v) is 5.81. The summed E-state index contributed by atoms with van der Waals surface area (Å²) in [5.41, 5.74) is 0.678. The zero-order valence-corrected chi connectivity index (χ0v) is 20.4. The minimum Gasteiger partial charge on any atom is -0.490 e. The van der Waals surface area contributed by atoms with E-state index in [2.05, 4.69) is 36.1 Å². The van der Waals surface area contributed by atoms with E-state index in [1.165, 1.54) is 11.8 Å². The summed E-state index contributed by atoms with van der Waals surface area (Å²) in [5.74, 6) is 2.79. The molecular weight excluding hydrogens is 456 g/mol. The van der Waals surface area contributed by atoms with E-state index >= 15 is 0 Å². The maximum absolute atomic E-state index is 12.7. The number of hydrogen-bond donors (Lipinski definition) is 3. The SMILES string of the molecule is CCNc1nc(NCC)n2c(SCC(=O)NC(C)c3cc4cccc(OCC)c4o3)nnc2n1. The second kappa shape index (κ2) is 10.6. The Hall–Kier alpha value is -3.54. The molecule has 11 nitrogen and oxygen atoms in total. The van der Waals surface area contributed by atoms with Gasteiger partial charge in [-0.1, -0.05) is 23.9 Å². The van der Waals surface area contributed by atoms with Crippen molar-refractivity contribution < 1.29 is 13.9 Å². The third kappa shape index (κ3) is 5.01. The zero-order chi connectivity index (χ0) is 24.1. The number of thioether (sulfide) groups is 1. The van der Waals surface area contributed by atoms with Gasteiger partial charge >= 0.3 is 0 Å². The highest BCUT2D eigenvalue weighted by Crippen LogP contribution is 2.31. The highest BCUT2D eigenvalue weighted by atomic mass is 32.2. The Morgan fingerprint density at radius 1 is 1.18 bits per heavy atom. The van der Waals surface area contributed by atoms with Crippen molar-refractivity contribution in [3.63, 3.8) is 0 Å². The van der Waals surface area contributed by atoms with Gasteiger partial charge in [-0.25, -0.2) is 4.40 Å². The predicted molar refractivity (Wildman–Crippen MR) is 132 cm³/mol. The van der Waals surface area contributed by atoms with Gasteiger partial charge < -0.3 is 25.1 Å². The van der Waals surface area contributed by atoms with Crippen LogP contribution in [0.15, 0.2) is 33.8 Å². The Labute approximate surface area is 201 Å². The Bertz CT molecular complexity index is 1290. The third-order valence-electron chi connectivity index (χ3n) is 4.88. The van der Waals surface area contributed by atoms with Crippen LogP contribution >= 0.6 is 11.8 Å². The quantitative estimate of drug-likeness (QED) is 0.272.